The molecular weight excluding hydrogens is 224 g/mol. The lowest BCUT2D eigenvalue weighted by atomic mass is 9.88. The SMILES string of the molecule is CCN(CC)CCNC1(CN)CCN2CCCC21. The van der Waals surface area contributed by atoms with E-state index < -0.39 is 0 Å². The first kappa shape index (κ1) is 14.3. The van der Waals surface area contributed by atoms with Crippen molar-refractivity contribution in [1.29, 1.82) is 0 Å². The molecule has 2 heterocycles. The fraction of sp³-hybridized carbons (Fsp3) is 1.00. The summed E-state index contributed by atoms with van der Waals surface area (Å²) >= 11 is 0. The maximum atomic E-state index is 6.10. The van der Waals surface area contributed by atoms with E-state index in [9.17, 15) is 0 Å². The lowest BCUT2D eigenvalue weighted by Crippen LogP contribution is -2.59. The molecule has 0 aliphatic carbocycles. The van der Waals surface area contributed by atoms with Crippen molar-refractivity contribution in [3.05, 3.63) is 0 Å². The summed E-state index contributed by atoms with van der Waals surface area (Å²) in [5, 5.41) is 3.81. The number of nitrogens with one attached hydrogen (secondary N) is 1. The van der Waals surface area contributed by atoms with Gasteiger partial charge in [0.05, 0.1) is 0 Å². The first-order valence-corrected chi connectivity index (χ1v) is 7.67. The molecule has 0 saturated carbocycles. The summed E-state index contributed by atoms with van der Waals surface area (Å²) in [6, 6.07) is 0.694. The van der Waals surface area contributed by atoms with E-state index in [1.165, 1.54) is 32.4 Å². The molecule has 18 heavy (non-hydrogen) atoms. The van der Waals surface area contributed by atoms with Gasteiger partial charge in [0.15, 0.2) is 0 Å². The first-order valence-electron chi connectivity index (χ1n) is 7.67. The summed E-state index contributed by atoms with van der Waals surface area (Å²) < 4.78 is 0. The Morgan fingerprint density at radius 3 is 2.78 bits per heavy atom. The highest BCUT2D eigenvalue weighted by Gasteiger charge is 2.47. The van der Waals surface area contributed by atoms with Gasteiger partial charge in [0, 0.05) is 37.8 Å². The second-order valence-electron chi connectivity index (χ2n) is 5.76. The standard InChI is InChI=1S/C14H30N4/c1-3-17(4-2)11-8-16-14(12-15)7-10-18-9-5-6-13(14)18/h13,16H,3-12,15H2,1-2H3. The molecule has 0 aromatic heterocycles. The molecule has 0 radical (unpaired) electrons. The van der Waals surface area contributed by atoms with Crippen LogP contribution < -0.4 is 11.1 Å². The summed E-state index contributed by atoms with van der Waals surface area (Å²) in [4.78, 5) is 5.11. The minimum atomic E-state index is 0.198. The molecule has 2 aliphatic heterocycles. The highest BCUT2D eigenvalue weighted by atomic mass is 15.3. The van der Waals surface area contributed by atoms with Gasteiger partial charge in [0.1, 0.15) is 0 Å². The molecule has 4 nitrogen and oxygen atoms in total. The van der Waals surface area contributed by atoms with E-state index in [-0.39, 0.29) is 5.54 Å². The molecule has 3 N–H and O–H groups in total. The molecule has 0 spiro atoms. The van der Waals surface area contributed by atoms with Crippen LogP contribution in [0.25, 0.3) is 0 Å². The topological polar surface area (TPSA) is 44.5 Å². The van der Waals surface area contributed by atoms with Gasteiger partial charge < -0.3 is 16.0 Å². The van der Waals surface area contributed by atoms with Crippen molar-refractivity contribution in [3.8, 4) is 0 Å². The van der Waals surface area contributed by atoms with Gasteiger partial charge in [-0.3, -0.25) is 4.90 Å². The van der Waals surface area contributed by atoms with E-state index in [1.807, 2.05) is 0 Å². The van der Waals surface area contributed by atoms with Crippen LogP contribution in [0.3, 0.4) is 0 Å². The minimum absolute atomic E-state index is 0.198. The van der Waals surface area contributed by atoms with E-state index in [0.29, 0.717) is 6.04 Å². The molecular formula is C14H30N4. The Bertz CT molecular complexity index is 254. The van der Waals surface area contributed by atoms with Crippen molar-refractivity contribution >= 4 is 0 Å². The lowest BCUT2D eigenvalue weighted by Gasteiger charge is -2.36. The predicted octanol–water partition coefficient (Wildman–Crippen LogP) is 0.483. The second-order valence-corrected chi connectivity index (χ2v) is 5.76. The third-order valence-corrected chi connectivity index (χ3v) is 5.01. The first-order chi connectivity index (χ1) is 8.75. The molecule has 0 aromatic rings. The smallest absolute Gasteiger partial charge is 0.0474 e. The van der Waals surface area contributed by atoms with Crippen LogP contribution in [0.15, 0.2) is 0 Å². The summed E-state index contributed by atoms with van der Waals surface area (Å²) in [6.45, 7) is 12.3. The third kappa shape index (κ3) is 2.72. The fourth-order valence-corrected chi connectivity index (χ4v) is 3.75. The van der Waals surface area contributed by atoms with Crippen LogP contribution in [-0.4, -0.2) is 67.2 Å². The van der Waals surface area contributed by atoms with Gasteiger partial charge in [-0.15, -0.1) is 0 Å². The quantitative estimate of drug-likeness (QED) is 0.694. The molecule has 2 atom stereocenters. The average molecular weight is 254 g/mol. The summed E-state index contributed by atoms with van der Waals surface area (Å²) in [5.74, 6) is 0. The fourth-order valence-electron chi connectivity index (χ4n) is 3.75. The highest BCUT2D eigenvalue weighted by molar-refractivity contribution is 5.08. The molecule has 2 aliphatic rings. The monoisotopic (exact) mass is 254 g/mol. The molecule has 2 saturated heterocycles. The summed E-state index contributed by atoms with van der Waals surface area (Å²) in [7, 11) is 0. The Morgan fingerprint density at radius 2 is 2.11 bits per heavy atom. The van der Waals surface area contributed by atoms with Crippen LogP contribution in [0.4, 0.5) is 0 Å². The molecule has 2 unspecified atom stereocenters. The van der Waals surface area contributed by atoms with Crippen LogP contribution in [0, 0.1) is 0 Å². The Labute approximate surface area is 112 Å². The second kappa shape index (κ2) is 6.33. The number of hydrogen-bond donors (Lipinski definition) is 2. The molecule has 0 bridgehead atoms. The van der Waals surface area contributed by atoms with Crippen molar-refractivity contribution in [2.75, 3.05) is 45.8 Å². The summed E-state index contributed by atoms with van der Waals surface area (Å²) in [5.41, 5.74) is 6.30. The van der Waals surface area contributed by atoms with Crippen LogP contribution >= 0.6 is 0 Å². The molecule has 4 heteroatoms. The zero-order valence-electron chi connectivity index (χ0n) is 12.1. The normalized spacial score (nSPS) is 32.3. The number of likely N-dealkylation sites (N-methyl/N-ethyl adjacent to an activating group) is 1. The van der Waals surface area contributed by atoms with E-state index in [0.717, 1.165) is 32.7 Å². The number of nitrogens with two attached hydrogens (primary N) is 1. The van der Waals surface area contributed by atoms with E-state index in [2.05, 4.69) is 29.0 Å². The van der Waals surface area contributed by atoms with Gasteiger partial charge in [-0.1, -0.05) is 13.8 Å². The molecule has 106 valence electrons. The van der Waals surface area contributed by atoms with Gasteiger partial charge in [-0.25, -0.2) is 0 Å². The number of nitrogens with zero attached hydrogens (tertiary/aromatic N) is 2. The van der Waals surface area contributed by atoms with Gasteiger partial charge in [0.2, 0.25) is 0 Å². The molecule has 0 aromatic carbocycles. The predicted molar refractivity (Wildman–Crippen MR) is 76.8 cm³/mol. The van der Waals surface area contributed by atoms with Gasteiger partial charge in [0.25, 0.3) is 0 Å². The van der Waals surface area contributed by atoms with E-state index >= 15 is 0 Å². The molecule has 0 amide bonds. The zero-order chi connectivity index (χ0) is 13.0. The maximum absolute atomic E-state index is 6.10. The van der Waals surface area contributed by atoms with Crippen LogP contribution in [-0.2, 0) is 0 Å². The van der Waals surface area contributed by atoms with Crippen molar-refractivity contribution in [1.82, 2.24) is 15.1 Å². The molecule has 2 fully saturated rings. The lowest BCUT2D eigenvalue weighted by molar-refractivity contribution is 0.215. The molecule has 2 rings (SSSR count). The van der Waals surface area contributed by atoms with Crippen LogP contribution in [0.2, 0.25) is 0 Å². The Morgan fingerprint density at radius 1 is 1.33 bits per heavy atom. The number of hydrogen-bond acceptors (Lipinski definition) is 4. The minimum Gasteiger partial charge on any atom is -0.329 e. The maximum Gasteiger partial charge on any atom is 0.0474 e. The third-order valence-electron chi connectivity index (χ3n) is 5.01. The van der Waals surface area contributed by atoms with Crippen LogP contribution in [0.5, 0.6) is 0 Å². The van der Waals surface area contributed by atoms with E-state index in [4.69, 9.17) is 5.73 Å². The Kier molecular flexibility index (Phi) is 5.01. The average Bonchev–Trinajstić information content (AvgIpc) is 2.98. The Balaban J connectivity index is 1.85. The van der Waals surface area contributed by atoms with Crippen LogP contribution in [0.1, 0.15) is 33.1 Å². The number of fused-ring (bicyclic) bond motifs is 1. The highest BCUT2D eigenvalue weighted by Crippen LogP contribution is 2.35. The summed E-state index contributed by atoms with van der Waals surface area (Å²) in [6.07, 6.45) is 3.91. The zero-order valence-corrected chi connectivity index (χ0v) is 12.1. The van der Waals surface area contributed by atoms with Gasteiger partial charge >= 0.3 is 0 Å². The largest absolute Gasteiger partial charge is 0.329 e. The van der Waals surface area contributed by atoms with Gasteiger partial charge in [-0.05, 0) is 38.9 Å². The van der Waals surface area contributed by atoms with Gasteiger partial charge in [-0.2, -0.15) is 0 Å². The van der Waals surface area contributed by atoms with E-state index in [1.54, 1.807) is 0 Å². The Hall–Kier alpha value is -0.160. The van der Waals surface area contributed by atoms with Crippen molar-refractivity contribution in [3.63, 3.8) is 0 Å². The van der Waals surface area contributed by atoms with Crippen molar-refractivity contribution < 1.29 is 0 Å². The van der Waals surface area contributed by atoms with Crippen molar-refractivity contribution in [2.45, 2.75) is 44.7 Å². The van der Waals surface area contributed by atoms with Crippen molar-refractivity contribution in [2.24, 2.45) is 5.73 Å². The number of rotatable bonds is 7.